The van der Waals surface area contributed by atoms with E-state index in [4.69, 9.17) is 10.00 Å². The van der Waals surface area contributed by atoms with Gasteiger partial charge in [0, 0.05) is 6.54 Å². The monoisotopic (exact) mass is 266 g/mol. The lowest BCUT2D eigenvalue weighted by Gasteiger charge is -2.18. The predicted octanol–water partition coefficient (Wildman–Crippen LogP) is 3.82. The number of para-hydroxylation sites is 1. The van der Waals surface area contributed by atoms with Crippen LogP contribution in [0.15, 0.2) is 54.6 Å². The SMILES string of the molecule is CC(C#N)N(C)Cc1ccc(Oc2ccccc2)cc1. The van der Waals surface area contributed by atoms with Gasteiger partial charge in [-0.15, -0.1) is 0 Å². The van der Waals surface area contributed by atoms with Crippen molar-refractivity contribution in [1.82, 2.24) is 4.90 Å². The Labute approximate surface area is 120 Å². The van der Waals surface area contributed by atoms with E-state index in [1.54, 1.807) is 0 Å². The molecule has 2 aromatic rings. The molecular weight excluding hydrogens is 248 g/mol. The Morgan fingerprint density at radius 3 is 2.25 bits per heavy atom. The van der Waals surface area contributed by atoms with Crippen LogP contribution in [0.5, 0.6) is 11.5 Å². The number of benzene rings is 2. The van der Waals surface area contributed by atoms with E-state index in [1.807, 2.05) is 73.5 Å². The molecular formula is C17H18N2O. The summed E-state index contributed by atoms with van der Waals surface area (Å²) in [5.41, 5.74) is 1.16. The quantitative estimate of drug-likeness (QED) is 0.825. The highest BCUT2D eigenvalue weighted by molar-refractivity contribution is 5.32. The molecule has 0 saturated heterocycles. The van der Waals surface area contributed by atoms with Gasteiger partial charge in [-0.2, -0.15) is 5.26 Å². The Balaban J connectivity index is 1.98. The topological polar surface area (TPSA) is 36.3 Å². The Hall–Kier alpha value is -2.31. The molecule has 102 valence electrons. The molecule has 0 radical (unpaired) electrons. The van der Waals surface area contributed by atoms with Gasteiger partial charge in [0.25, 0.3) is 0 Å². The van der Waals surface area contributed by atoms with Crippen LogP contribution < -0.4 is 4.74 Å². The fraction of sp³-hybridized carbons (Fsp3) is 0.235. The maximum absolute atomic E-state index is 8.88. The first-order valence-corrected chi connectivity index (χ1v) is 6.61. The van der Waals surface area contributed by atoms with Crippen molar-refractivity contribution in [2.24, 2.45) is 0 Å². The van der Waals surface area contributed by atoms with Crippen LogP contribution in [0.3, 0.4) is 0 Å². The maximum Gasteiger partial charge on any atom is 0.127 e. The van der Waals surface area contributed by atoms with Gasteiger partial charge < -0.3 is 4.74 Å². The van der Waals surface area contributed by atoms with E-state index in [1.165, 1.54) is 0 Å². The molecule has 0 fully saturated rings. The number of hydrogen-bond donors (Lipinski definition) is 0. The number of hydrogen-bond acceptors (Lipinski definition) is 3. The predicted molar refractivity (Wildman–Crippen MR) is 79.5 cm³/mol. The molecule has 0 amide bonds. The molecule has 0 aromatic heterocycles. The van der Waals surface area contributed by atoms with E-state index in [2.05, 4.69) is 6.07 Å². The van der Waals surface area contributed by atoms with Gasteiger partial charge in [0.2, 0.25) is 0 Å². The van der Waals surface area contributed by atoms with Crippen molar-refractivity contribution in [1.29, 1.82) is 5.26 Å². The summed E-state index contributed by atoms with van der Waals surface area (Å²) in [6.07, 6.45) is 0. The lowest BCUT2D eigenvalue weighted by atomic mass is 10.2. The third-order valence-electron chi connectivity index (χ3n) is 3.18. The molecule has 0 N–H and O–H groups in total. The van der Waals surface area contributed by atoms with Gasteiger partial charge in [-0.25, -0.2) is 0 Å². The van der Waals surface area contributed by atoms with Gasteiger partial charge in [-0.05, 0) is 43.8 Å². The average Bonchev–Trinajstić information content (AvgIpc) is 2.49. The van der Waals surface area contributed by atoms with Crippen LogP contribution in [-0.2, 0) is 6.54 Å². The zero-order valence-electron chi connectivity index (χ0n) is 11.8. The van der Waals surface area contributed by atoms with Crippen LogP contribution in [-0.4, -0.2) is 18.0 Å². The molecule has 0 bridgehead atoms. The summed E-state index contributed by atoms with van der Waals surface area (Å²) in [4.78, 5) is 2.01. The average molecular weight is 266 g/mol. The summed E-state index contributed by atoms with van der Waals surface area (Å²) in [6, 6.07) is 19.8. The summed E-state index contributed by atoms with van der Waals surface area (Å²) in [5, 5.41) is 8.88. The van der Waals surface area contributed by atoms with Crippen molar-refractivity contribution in [3.05, 3.63) is 60.2 Å². The molecule has 2 aromatic carbocycles. The highest BCUT2D eigenvalue weighted by Crippen LogP contribution is 2.21. The summed E-state index contributed by atoms with van der Waals surface area (Å²) in [5.74, 6) is 1.64. The smallest absolute Gasteiger partial charge is 0.127 e. The van der Waals surface area contributed by atoms with E-state index < -0.39 is 0 Å². The molecule has 1 unspecified atom stereocenters. The Morgan fingerprint density at radius 1 is 1.05 bits per heavy atom. The number of nitrogens with zero attached hydrogens (tertiary/aromatic N) is 2. The molecule has 20 heavy (non-hydrogen) atoms. The summed E-state index contributed by atoms with van der Waals surface area (Å²) < 4.78 is 5.74. The van der Waals surface area contributed by atoms with E-state index in [0.717, 1.165) is 23.6 Å². The van der Waals surface area contributed by atoms with Crippen LogP contribution in [0.2, 0.25) is 0 Å². The fourth-order valence-electron chi connectivity index (χ4n) is 1.81. The van der Waals surface area contributed by atoms with E-state index in [9.17, 15) is 0 Å². The third-order valence-corrected chi connectivity index (χ3v) is 3.18. The highest BCUT2D eigenvalue weighted by atomic mass is 16.5. The Kier molecular flexibility index (Phi) is 4.75. The molecule has 0 aliphatic heterocycles. The minimum absolute atomic E-state index is 0.0877. The summed E-state index contributed by atoms with van der Waals surface area (Å²) >= 11 is 0. The largest absolute Gasteiger partial charge is 0.457 e. The van der Waals surface area contributed by atoms with Gasteiger partial charge in [0.1, 0.15) is 11.5 Å². The van der Waals surface area contributed by atoms with Gasteiger partial charge in [0.05, 0.1) is 12.1 Å². The van der Waals surface area contributed by atoms with Crippen molar-refractivity contribution < 1.29 is 4.74 Å². The van der Waals surface area contributed by atoms with Crippen molar-refractivity contribution in [3.63, 3.8) is 0 Å². The molecule has 1 atom stereocenters. The Morgan fingerprint density at radius 2 is 1.65 bits per heavy atom. The first kappa shape index (κ1) is 14.1. The van der Waals surface area contributed by atoms with Crippen LogP contribution in [0, 0.1) is 11.3 Å². The zero-order valence-corrected chi connectivity index (χ0v) is 11.8. The van der Waals surface area contributed by atoms with E-state index >= 15 is 0 Å². The minimum Gasteiger partial charge on any atom is -0.457 e. The molecule has 0 spiro atoms. The minimum atomic E-state index is -0.0877. The zero-order chi connectivity index (χ0) is 14.4. The Bertz CT molecular complexity index is 572. The summed E-state index contributed by atoms with van der Waals surface area (Å²) in [7, 11) is 1.95. The molecule has 3 heteroatoms. The molecule has 3 nitrogen and oxygen atoms in total. The standard InChI is InChI=1S/C17H18N2O/c1-14(12-18)19(2)13-15-8-10-17(11-9-15)20-16-6-4-3-5-7-16/h3-11,14H,13H2,1-2H3. The molecule has 2 rings (SSSR count). The van der Waals surface area contributed by atoms with Crippen LogP contribution >= 0.6 is 0 Å². The van der Waals surface area contributed by atoms with Crippen LogP contribution in [0.25, 0.3) is 0 Å². The van der Waals surface area contributed by atoms with Crippen molar-refractivity contribution >= 4 is 0 Å². The van der Waals surface area contributed by atoms with E-state index in [0.29, 0.717) is 0 Å². The van der Waals surface area contributed by atoms with Gasteiger partial charge in [0.15, 0.2) is 0 Å². The molecule has 0 heterocycles. The van der Waals surface area contributed by atoms with Crippen molar-refractivity contribution in [2.45, 2.75) is 19.5 Å². The van der Waals surface area contributed by atoms with Crippen LogP contribution in [0.1, 0.15) is 12.5 Å². The number of nitriles is 1. The van der Waals surface area contributed by atoms with Crippen molar-refractivity contribution in [3.8, 4) is 17.6 Å². The second kappa shape index (κ2) is 6.74. The second-order valence-electron chi connectivity index (χ2n) is 4.78. The second-order valence-corrected chi connectivity index (χ2v) is 4.78. The number of ether oxygens (including phenoxy) is 1. The van der Waals surface area contributed by atoms with Gasteiger partial charge >= 0.3 is 0 Å². The lowest BCUT2D eigenvalue weighted by Crippen LogP contribution is -2.26. The van der Waals surface area contributed by atoms with E-state index in [-0.39, 0.29) is 6.04 Å². The van der Waals surface area contributed by atoms with Crippen molar-refractivity contribution in [2.75, 3.05) is 7.05 Å². The highest BCUT2D eigenvalue weighted by Gasteiger charge is 2.08. The maximum atomic E-state index is 8.88. The molecule has 0 saturated carbocycles. The first-order chi connectivity index (χ1) is 9.69. The van der Waals surface area contributed by atoms with Crippen LogP contribution in [0.4, 0.5) is 0 Å². The van der Waals surface area contributed by atoms with Gasteiger partial charge in [-0.1, -0.05) is 30.3 Å². The fourth-order valence-corrected chi connectivity index (χ4v) is 1.81. The molecule has 0 aliphatic rings. The normalized spacial score (nSPS) is 11.9. The number of rotatable bonds is 5. The first-order valence-electron chi connectivity index (χ1n) is 6.61. The lowest BCUT2D eigenvalue weighted by molar-refractivity contribution is 0.294. The third kappa shape index (κ3) is 3.84. The summed E-state index contributed by atoms with van der Waals surface area (Å²) in [6.45, 7) is 2.65. The molecule has 0 aliphatic carbocycles. The van der Waals surface area contributed by atoms with Gasteiger partial charge in [-0.3, -0.25) is 4.90 Å².